The van der Waals surface area contributed by atoms with Gasteiger partial charge in [0.25, 0.3) is 0 Å². The van der Waals surface area contributed by atoms with Crippen molar-refractivity contribution in [2.75, 3.05) is 6.79 Å². The van der Waals surface area contributed by atoms with Gasteiger partial charge in [0.1, 0.15) is 0 Å². The van der Waals surface area contributed by atoms with Crippen LogP contribution < -0.4 is 14.8 Å². The minimum atomic E-state index is -0.187. The second kappa shape index (κ2) is 7.57. The van der Waals surface area contributed by atoms with Gasteiger partial charge in [0.15, 0.2) is 17.3 Å². The summed E-state index contributed by atoms with van der Waals surface area (Å²) in [7, 11) is 0. The maximum absolute atomic E-state index is 12.1. The Labute approximate surface area is 150 Å². The van der Waals surface area contributed by atoms with Crippen molar-refractivity contribution in [1.29, 1.82) is 0 Å². The van der Waals surface area contributed by atoms with Crippen LogP contribution in [-0.2, 0) is 4.79 Å². The Morgan fingerprint density at radius 2 is 1.80 bits per heavy atom. The summed E-state index contributed by atoms with van der Waals surface area (Å²) in [6, 6.07) is 12.0. The monoisotopic (exact) mass is 359 g/mol. The molecular weight excluding hydrogens is 342 g/mol. The summed E-state index contributed by atoms with van der Waals surface area (Å²) < 4.78 is 10.6. The lowest BCUT2D eigenvalue weighted by Crippen LogP contribution is -2.26. The lowest BCUT2D eigenvalue weighted by atomic mass is 10.1. The molecule has 0 saturated carbocycles. The van der Waals surface area contributed by atoms with E-state index in [1.807, 2.05) is 25.1 Å². The van der Waals surface area contributed by atoms with E-state index in [4.69, 9.17) is 21.1 Å². The van der Waals surface area contributed by atoms with Gasteiger partial charge in [0.2, 0.25) is 12.7 Å². The molecule has 0 bridgehead atoms. The first kappa shape index (κ1) is 17.3. The van der Waals surface area contributed by atoms with E-state index in [1.165, 1.54) is 0 Å². The highest BCUT2D eigenvalue weighted by Crippen LogP contribution is 2.34. The molecule has 0 radical (unpaired) electrons. The second-order valence-electron chi connectivity index (χ2n) is 5.83. The number of amides is 1. The fraction of sp³-hybridized carbons (Fsp3) is 0.263. The second-order valence-corrected chi connectivity index (χ2v) is 6.27. The Morgan fingerprint density at radius 1 is 1.08 bits per heavy atom. The molecule has 2 aromatic rings. The zero-order chi connectivity index (χ0) is 17.8. The average molecular weight is 360 g/mol. The molecule has 1 amide bonds. The van der Waals surface area contributed by atoms with Gasteiger partial charge in [-0.15, -0.1) is 0 Å². The van der Waals surface area contributed by atoms with Crippen LogP contribution in [-0.4, -0.2) is 18.5 Å². The van der Waals surface area contributed by atoms with E-state index < -0.39 is 0 Å². The lowest BCUT2D eigenvalue weighted by Gasteiger charge is -2.14. The topological polar surface area (TPSA) is 64.6 Å². The Morgan fingerprint density at radius 3 is 2.56 bits per heavy atom. The fourth-order valence-corrected chi connectivity index (χ4v) is 2.71. The first-order valence-electron chi connectivity index (χ1n) is 8.00. The highest BCUT2D eigenvalue weighted by atomic mass is 35.5. The van der Waals surface area contributed by atoms with Crippen LogP contribution in [0.25, 0.3) is 0 Å². The number of rotatable bonds is 6. The molecule has 1 N–H and O–H groups in total. The van der Waals surface area contributed by atoms with Crippen LogP contribution in [0.3, 0.4) is 0 Å². The predicted molar refractivity (Wildman–Crippen MR) is 94.1 cm³/mol. The lowest BCUT2D eigenvalue weighted by molar-refractivity contribution is -0.121. The number of fused-ring (bicyclic) bond motifs is 1. The first-order chi connectivity index (χ1) is 12.0. The summed E-state index contributed by atoms with van der Waals surface area (Å²) in [6.45, 7) is 2.10. The van der Waals surface area contributed by atoms with Gasteiger partial charge in [-0.2, -0.15) is 0 Å². The van der Waals surface area contributed by atoms with Gasteiger partial charge < -0.3 is 14.8 Å². The normalized spacial score (nSPS) is 13.4. The summed E-state index contributed by atoms with van der Waals surface area (Å²) >= 11 is 5.80. The molecule has 2 aromatic carbocycles. The number of Topliss-reactive ketones (excluding diaryl/α,β-unsaturated/α-hetero) is 1. The molecule has 1 unspecified atom stereocenters. The Kier molecular flexibility index (Phi) is 5.24. The van der Waals surface area contributed by atoms with Gasteiger partial charge in [-0.1, -0.05) is 17.7 Å². The number of halogens is 1. The zero-order valence-corrected chi connectivity index (χ0v) is 14.5. The fourth-order valence-electron chi connectivity index (χ4n) is 2.59. The molecule has 130 valence electrons. The highest BCUT2D eigenvalue weighted by Gasteiger charge is 2.17. The molecule has 0 spiro atoms. The van der Waals surface area contributed by atoms with E-state index in [9.17, 15) is 9.59 Å². The molecule has 0 aliphatic carbocycles. The number of ether oxygens (including phenoxy) is 2. The van der Waals surface area contributed by atoms with E-state index in [1.54, 1.807) is 24.3 Å². The van der Waals surface area contributed by atoms with Crippen LogP contribution in [0.2, 0.25) is 5.02 Å². The summed E-state index contributed by atoms with van der Waals surface area (Å²) in [5, 5.41) is 3.47. The van der Waals surface area contributed by atoms with Crippen LogP contribution in [0.15, 0.2) is 42.5 Å². The zero-order valence-electron chi connectivity index (χ0n) is 13.8. The van der Waals surface area contributed by atoms with E-state index in [0.29, 0.717) is 22.1 Å². The van der Waals surface area contributed by atoms with Crippen molar-refractivity contribution in [3.8, 4) is 11.5 Å². The van der Waals surface area contributed by atoms with Gasteiger partial charge in [0.05, 0.1) is 6.04 Å². The third-order valence-electron chi connectivity index (χ3n) is 4.02. The number of carbonyl (C=O) groups excluding carboxylic acids is 2. The molecule has 1 atom stereocenters. The minimum Gasteiger partial charge on any atom is -0.454 e. The van der Waals surface area contributed by atoms with Gasteiger partial charge in [-0.05, 0) is 48.9 Å². The van der Waals surface area contributed by atoms with Gasteiger partial charge >= 0.3 is 0 Å². The van der Waals surface area contributed by atoms with E-state index >= 15 is 0 Å². The Balaban J connectivity index is 1.52. The number of carbonyl (C=O) groups is 2. The molecule has 6 heteroatoms. The number of ketones is 1. The van der Waals surface area contributed by atoms with Gasteiger partial charge in [0, 0.05) is 23.4 Å². The van der Waals surface area contributed by atoms with E-state index in [2.05, 4.69) is 5.32 Å². The average Bonchev–Trinajstić information content (AvgIpc) is 3.08. The summed E-state index contributed by atoms with van der Waals surface area (Å²) in [5.74, 6) is 1.13. The third-order valence-corrected chi connectivity index (χ3v) is 4.27. The van der Waals surface area contributed by atoms with Crippen molar-refractivity contribution in [3.63, 3.8) is 0 Å². The molecule has 1 aliphatic heterocycles. The van der Waals surface area contributed by atoms with E-state index in [0.717, 1.165) is 5.56 Å². The molecule has 25 heavy (non-hydrogen) atoms. The summed E-state index contributed by atoms with van der Waals surface area (Å²) in [4.78, 5) is 24.2. The maximum atomic E-state index is 12.1. The van der Waals surface area contributed by atoms with Crippen LogP contribution in [0.1, 0.15) is 41.7 Å². The largest absolute Gasteiger partial charge is 0.454 e. The summed E-state index contributed by atoms with van der Waals surface area (Å²) in [6.07, 6.45) is 0.289. The molecule has 0 saturated heterocycles. The van der Waals surface area contributed by atoms with Crippen molar-refractivity contribution < 1.29 is 19.1 Å². The van der Waals surface area contributed by atoms with Crippen molar-refractivity contribution in [3.05, 3.63) is 58.6 Å². The predicted octanol–water partition coefficient (Wildman–Crippen LogP) is 3.91. The van der Waals surface area contributed by atoms with Crippen molar-refractivity contribution in [1.82, 2.24) is 5.32 Å². The molecule has 1 aliphatic rings. The third kappa shape index (κ3) is 4.31. The highest BCUT2D eigenvalue weighted by molar-refractivity contribution is 6.30. The van der Waals surface area contributed by atoms with Crippen LogP contribution >= 0.6 is 11.6 Å². The molecule has 0 fully saturated rings. The number of nitrogens with one attached hydrogen (secondary N) is 1. The van der Waals surface area contributed by atoms with Crippen molar-refractivity contribution in [2.45, 2.75) is 25.8 Å². The van der Waals surface area contributed by atoms with Crippen LogP contribution in [0.5, 0.6) is 11.5 Å². The van der Waals surface area contributed by atoms with Gasteiger partial charge in [-0.25, -0.2) is 0 Å². The molecule has 3 rings (SSSR count). The Hall–Kier alpha value is -2.53. The minimum absolute atomic E-state index is 0.0810. The van der Waals surface area contributed by atoms with Crippen molar-refractivity contribution >= 4 is 23.3 Å². The first-order valence-corrected chi connectivity index (χ1v) is 8.38. The standard InChI is InChI=1S/C19H18ClNO4/c1-12(14-4-8-17-18(10-14)25-11-24-17)21-19(23)9-7-16(22)13-2-5-15(20)6-3-13/h2-6,8,10,12H,7,9,11H2,1H3,(H,21,23). The quantitative estimate of drug-likeness (QED) is 0.794. The van der Waals surface area contributed by atoms with Crippen LogP contribution in [0, 0.1) is 0 Å². The SMILES string of the molecule is CC(NC(=O)CCC(=O)c1ccc(Cl)cc1)c1ccc2c(c1)OCO2. The van der Waals surface area contributed by atoms with E-state index in [-0.39, 0.29) is 37.4 Å². The molecular formula is C19H18ClNO4. The number of hydrogen-bond donors (Lipinski definition) is 1. The van der Waals surface area contributed by atoms with Crippen LogP contribution in [0.4, 0.5) is 0 Å². The Bertz CT molecular complexity index is 789. The summed E-state index contributed by atoms with van der Waals surface area (Å²) in [5.41, 5.74) is 1.47. The number of hydrogen-bond acceptors (Lipinski definition) is 4. The maximum Gasteiger partial charge on any atom is 0.231 e. The van der Waals surface area contributed by atoms with Gasteiger partial charge in [-0.3, -0.25) is 9.59 Å². The molecule has 0 aromatic heterocycles. The smallest absolute Gasteiger partial charge is 0.231 e. The number of benzene rings is 2. The molecule has 1 heterocycles. The molecule has 5 nitrogen and oxygen atoms in total. The van der Waals surface area contributed by atoms with Crippen molar-refractivity contribution in [2.24, 2.45) is 0 Å².